The number of benzene rings is 2. The van der Waals surface area contributed by atoms with Crippen LogP contribution in [0.1, 0.15) is 24.0 Å². The Balaban J connectivity index is 1.67. The first kappa shape index (κ1) is 19.4. The highest BCUT2D eigenvalue weighted by Gasteiger charge is 2.39. The standard InChI is InChI=1S/C24H23NO3S/c1-18-9-12-20(13-10-18)29(27,28)25-17-5-8-21-22(24(26)16-15-23(21)25)14-11-19-6-3-2-4-7-19/h2-4,6-7,9-10,12-13,15-16,21-22,26H,5,8,17H2,1H3. The lowest BCUT2D eigenvalue weighted by Crippen LogP contribution is -2.41. The third kappa shape index (κ3) is 3.81. The molecular formula is C24H23NO3S. The summed E-state index contributed by atoms with van der Waals surface area (Å²) in [5, 5.41) is 10.5. The molecule has 1 heterocycles. The van der Waals surface area contributed by atoms with Gasteiger partial charge in [-0.1, -0.05) is 47.7 Å². The van der Waals surface area contributed by atoms with Gasteiger partial charge in [-0.25, -0.2) is 8.42 Å². The molecule has 2 atom stereocenters. The van der Waals surface area contributed by atoms with Gasteiger partial charge in [-0.2, -0.15) is 0 Å². The molecule has 1 aliphatic heterocycles. The van der Waals surface area contributed by atoms with Gasteiger partial charge in [-0.15, -0.1) is 0 Å². The molecule has 0 saturated carbocycles. The summed E-state index contributed by atoms with van der Waals surface area (Å²) in [6, 6.07) is 16.5. The Bertz CT molecular complexity index is 1120. The number of aliphatic hydroxyl groups excluding tert-OH is 1. The summed E-state index contributed by atoms with van der Waals surface area (Å²) in [7, 11) is -3.65. The SMILES string of the molecule is Cc1ccc(S(=O)(=O)N2CCCC3C2=CC=C(O)C3C#Cc2ccccc2)cc1. The van der Waals surface area contributed by atoms with Crippen molar-refractivity contribution >= 4 is 10.0 Å². The molecule has 2 aliphatic rings. The molecule has 1 fully saturated rings. The summed E-state index contributed by atoms with van der Waals surface area (Å²) in [6.45, 7) is 2.37. The van der Waals surface area contributed by atoms with Crippen LogP contribution in [0.3, 0.4) is 0 Å². The van der Waals surface area contributed by atoms with Gasteiger partial charge in [0, 0.05) is 23.7 Å². The molecule has 4 rings (SSSR count). The molecule has 0 spiro atoms. The molecule has 2 aromatic rings. The van der Waals surface area contributed by atoms with Crippen molar-refractivity contribution < 1.29 is 13.5 Å². The van der Waals surface area contributed by atoms with Crippen molar-refractivity contribution in [2.75, 3.05) is 6.54 Å². The number of allylic oxidation sites excluding steroid dienone is 4. The second-order valence-electron chi connectivity index (χ2n) is 7.44. The molecule has 1 saturated heterocycles. The number of fused-ring (bicyclic) bond motifs is 1. The van der Waals surface area contributed by atoms with Crippen molar-refractivity contribution in [2.24, 2.45) is 11.8 Å². The van der Waals surface area contributed by atoms with Gasteiger partial charge in [0.05, 0.1) is 10.8 Å². The van der Waals surface area contributed by atoms with E-state index >= 15 is 0 Å². The van der Waals surface area contributed by atoms with Crippen LogP contribution >= 0.6 is 0 Å². The minimum Gasteiger partial charge on any atom is -0.511 e. The highest BCUT2D eigenvalue weighted by atomic mass is 32.2. The van der Waals surface area contributed by atoms with Gasteiger partial charge in [0.1, 0.15) is 5.76 Å². The molecule has 0 aromatic heterocycles. The van der Waals surface area contributed by atoms with Gasteiger partial charge in [0.15, 0.2) is 0 Å². The van der Waals surface area contributed by atoms with Crippen LogP contribution in [-0.4, -0.2) is 24.4 Å². The molecule has 4 nitrogen and oxygen atoms in total. The number of aliphatic hydroxyl groups is 1. The molecule has 0 radical (unpaired) electrons. The van der Waals surface area contributed by atoms with Gasteiger partial charge in [-0.05, 0) is 56.2 Å². The Morgan fingerprint density at radius 2 is 1.76 bits per heavy atom. The van der Waals surface area contributed by atoms with E-state index in [4.69, 9.17) is 0 Å². The minimum atomic E-state index is -3.65. The largest absolute Gasteiger partial charge is 0.511 e. The first-order valence-electron chi connectivity index (χ1n) is 9.73. The average molecular weight is 406 g/mol. The van der Waals surface area contributed by atoms with Gasteiger partial charge in [0.25, 0.3) is 10.0 Å². The molecule has 2 aromatic carbocycles. The van der Waals surface area contributed by atoms with E-state index in [1.807, 2.05) is 49.4 Å². The van der Waals surface area contributed by atoms with E-state index < -0.39 is 15.9 Å². The minimum absolute atomic E-state index is 0.148. The Labute approximate surface area is 172 Å². The molecular weight excluding hydrogens is 382 g/mol. The number of hydrogen-bond acceptors (Lipinski definition) is 3. The van der Waals surface area contributed by atoms with Crippen molar-refractivity contribution in [3.05, 3.63) is 89.3 Å². The molecule has 1 aliphatic carbocycles. The highest BCUT2D eigenvalue weighted by Crippen LogP contribution is 2.40. The van der Waals surface area contributed by atoms with Crippen LogP contribution in [0, 0.1) is 30.6 Å². The van der Waals surface area contributed by atoms with Crippen molar-refractivity contribution in [3.63, 3.8) is 0 Å². The van der Waals surface area contributed by atoms with E-state index in [0.29, 0.717) is 12.2 Å². The Morgan fingerprint density at radius 1 is 1.03 bits per heavy atom. The quantitative estimate of drug-likeness (QED) is 0.754. The lowest BCUT2D eigenvalue weighted by Gasteiger charge is -2.39. The van der Waals surface area contributed by atoms with E-state index in [-0.39, 0.29) is 16.6 Å². The second kappa shape index (κ2) is 7.81. The van der Waals surface area contributed by atoms with Gasteiger partial charge in [-0.3, -0.25) is 4.31 Å². The molecule has 0 amide bonds. The summed E-state index contributed by atoms with van der Waals surface area (Å²) in [5.41, 5.74) is 2.60. The fourth-order valence-corrected chi connectivity index (χ4v) is 5.47. The number of aryl methyl sites for hydroxylation is 1. The third-order valence-corrected chi connectivity index (χ3v) is 7.29. The van der Waals surface area contributed by atoms with E-state index in [0.717, 1.165) is 24.0 Å². The zero-order chi connectivity index (χ0) is 20.4. The smallest absolute Gasteiger partial charge is 0.264 e. The monoisotopic (exact) mass is 405 g/mol. The molecule has 1 N–H and O–H groups in total. The second-order valence-corrected chi connectivity index (χ2v) is 9.30. The van der Waals surface area contributed by atoms with E-state index in [1.165, 1.54) is 4.31 Å². The molecule has 5 heteroatoms. The first-order chi connectivity index (χ1) is 14.0. The van der Waals surface area contributed by atoms with E-state index in [9.17, 15) is 13.5 Å². The predicted octanol–water partition coefficient (Wildman–Crippen LogP) is 4.40. The highest BCUT2D eigenvalue weighted by molar-refractivity contribution is 7.89. The average Bonchev–Trinajstić information content (AvgIpc) is 2.73. The predicted molar refractivity (Wildman–Crippen MR) is 113 cm³/mol. The topological polar surface area (TPSA) is 57.6 Å². The summed E-state index contributed by atoms with van der Waals surface area (Å²) < 4.78 is 28.1. The van der Waals surface area contributed by atoms with Crippen molar-refractivity contribution in [1.82, 2.24) is 4.31 Å². The first-order valence-corrected chi connectivity index (χ1v) is 11.2. The molecule has 29 heavy (non-hydrogen) atoms. The number of sulfonamides is 1. The third-order valence-electron chi connectivity index (χ3n) is 5.44. The number of piperidine rings is 1. The molecule has 0 bridgehead atoms. The van der Waals surface area contributed by atoms with Crippen LogP contribution in [0.4, 0.5) is 0 Å². The Kier molecular flexibility index (Phi) is 5.21. The zero-order valence-electron chi connectivity index (χ0n) is 16.2. The van der Waals surface area contributed by atoms with E-state index in [2.05, 4.69) is 11.8 Å². The fourth-order valence-electron chi connectivity index (χ4n) is 3.89. The molecule has 2 unspecified atom stereocenters. The number of nitrogens with zero attached hydrogens (tertiary/aromatic N) is 1. The van der Waals surface area contributed by atoms with Gasteiger partial charge in [0.2, 0.25) is 0 Å². The van der Waals surface area contributed by atoms with Crippen LogP contribution in [0.5, 0.6) is 0 Å². The number of hydrogen-bond donors (Lipinski definition) is 1. The molecule has 148 valence electrons. The van der Waals surface area contributed by atoms with Crippen LogP contribution in [0.15, 0.2) is 83.1 Å². The Hall–Kier alpha value is -2.97. The van der Waals surface area contributed by atoms with E-state index in [1.54, 1.807) is 24.3 Å². The summed E-state index contributed by atoms with van der Waals surface area (Å²) >= 11 is 0. The van der Waals surface area contributed by atoms with Crippen LogP contribution in [0.2, 0.25) is 0 Å². The lowest BCUT2D eigenvalue weighted by atomic mass is 9.79. The van der Waals surface area contributed by atoms with Gasteiger partial charge < -0.3 is 5.11 Å². The van der Waals surface area contributed by atoms with Crippen molar-refractivity contribution in [1.29, 1.82) is 0 Å². The van der Waals surface area contributed by atoms with Crippen LogP contribution in [0.25, 0.3) is 0 Å². The van der Waals surface area contributed by atoms with Crippen LogP contribution < -0.4 is 0 Å². The summed E-state index contributed by atoms with van der Waals surface area (Å²) in [5.74, 6) is 5.93. The maximum Gasteiger partial charge on any atom is 0.264 e. The van der Waals surface area contributed by atoms with Gasteiger partial charge >= 0.3 is 0 Å². The zero-order valence-corrected chi connectivity index (χ0v) is 17.1. The normalized spacial score (nSPS) is 21.3. The lowest BCUT2D eigenvalue weighted by molar-refractivity contribution is 0.251. The maximum absolute atomic E-state index is 13.3. The maximum atomic E-state index is 13.3. The summed E-state index contributed by atoms with van der Waals surface area (Å²) in [6.07, 6.45) is 4.83. The summed E-state index contributed by atoms with van der Waals surface area (Å²) in [4.78, 5) is 0.287. The van der Waals surface area contributed by atoms with Crippen LogP contribution in [-0.2, 0) is 10.0 Å². The fraction of sp³-hybridized carbons (Fsp3) is 0.250. The van der Waals surface area contributed by atoms with Crippen molar-refractivity contribution in [3.8, 4) is 11.8 Å². The number of rotatable bonds is 2. The Morgan fingerprint density at radius 3 is 2.48 bits per heavy atom. The van der Waals surface area contributed by atoms with Crippen molar-refractivity contribution in [2.45, 2.75) is 24.7 Å².